The zero-order chi connectivity index (χ0) is 18.0. The number of carbonyl (C=O) groups is 1. The van der Waals surface area contributed by atoms with E-state index in [-0.39, 0.29) is 5.91 Å². The van der Waals surface area contributed by atoms with Gasteiger partial charge in [-0.15, -0.1) is 11.3 Å². The van der Waals surface area contributed by atoms with E-state index in [0.717, 1.165) is 27.3 Å². The zero-order valence-electron chi connectivity index (χ0n) is 13.7. The summed E-state index contributed by atoms with van der Waals surface area (Å²) in [5.74, 6) is 0.491. The average molecular weight is 371 g/mol. The number of hydrogen-bond donors (Lipinski definition) is 1. The Kier molecular flexibility index (Phi) is 4.93. The van der Waals surface area contributed by atoms with Crippen LogP contribution in [0.3, 0.4) is 0 Å². The first-order valence-electron chi connectivity index (χ1n) is 7.60. The van der Waals surface area contributed by atoms with Crippen LogP contribution < -0.4 is 10.1 Å². The lowest BCUT2D eigenvalue weighted by Gasteiger charge is -2.16. The van der Waals surface area contributed by atoms with E-state index in [1.165, 1.54) is 17.4 Å². The Labute approximate surface area is 155 Å². The van der Waals surface area contributed by atoms with Gasteiger partial charge in [0.25, 0.3) is 0 Å². The molecule has 1 N–H and O–H groups in total. The van der Waals surface area contributed by atoms with Crippen LogP contribution in [0.1, 0.15) is 21.6 Å². The number of carbonyl (C=O) groups excluding carboxylic acids is 1. The molecule has 0 saturated carbocycles. The fraction of sp³-hybridized carbons (Fsp3) is 0.158. The number of amides is 1. The molecule has 1 aromatic carbocycles. The van der Waals surface area contributed by atoms with Gasteiger partial charge in [0.2, 0.25) is 5.91 Å². The normalized spacial score (nSPS) is 13.0. The number of ether oxygens (including phenoxy) is 1. The highest BCUT2D eigenvalue weighted by molar-refractivity contribution is 7.16. The van der Waals surface area contributed by atoms with Gasteiger partial charge < -0.3 is 10.1 Å². The molecule has 1 aliphatic heterocycles. The molecule has 25 heavy (non-hydrogen) atoms. The molecule has 0 spiro atoms. The molecule has 1 aromatic heterocycles. The van der Waals surface area contributed by atoms with Crippen LogP contribution >= 0.6 is 22.9 Å². The van der Waals surface area contributed by atoms with Crippen LogP contribution in [0.25, 0.3) is 6.08 Å². The molecule has 1 aliphatic rings. The summed E-state index contributed by atoms with van der Waals surface area (Å²) in [4.78, 5) is 13.2. The minimum atomic E-state index is -0.282. The lowest BCUT2D eigenvalue weighted by atomic mass is 10.1. The molecular formula is C19H15ClN2O2S. The summed E-state index contributed by atoms with van der Waals surface area (Å²) in [6.45, 7) is 4.20. The Morgan fingerprint density at radius 1 is 1.44 bits per heavy atom. The molecule has 126 valence electrons. The number of nitrogens with zero attached hydrogens (tertiary/aromatic N) is 1. The third kappa shape index (κ3) is 3.76. The number of hydrogen-bond acceptors (Lipinski definition) is 4. The number of fused-ring (bicyclic) bond motifs is 1. The van der Waals surface area contributed by atoms with Crippen LogP contribution in [0, 0.1) is 25.2 Å². The molecule has 0 unspecified atom stereocenters. The largest absolute Gasteiger partial charge is 0.488 e. The number of anilines is 1. The second-order valence-corrected chi connectivity index (χ2v) is 7.27. The van der Waals surface area contributed by atoms with Gasteiger partial charge in [0.1, 0.15) is 23.4 Å². The van der Waals surface area contributed by atoms with Crippen LogP contribution in [-0.4, -0.2) is 12.5 Å². The first-order chi connectivity index (χ1) is 12.0. The van der Waals surface area contributed by atoms with E-state index in [1.807, 2.05) is 32.1 Å². The molecule has 4 nitrogen and oxygen atoms in total. The van der Waals surface area contributed by atoms with Gasteiger partial charge in [-0.05, 0) is 49.3 Å². The van der Waals surface area contributed by atoms with E-state index in [1.54, 1.807) is 12.1 Å². The van der Waals surface area contributed by atoms with Gasteiger partial charge in [-0.25, -0.2) is 0 Å². The number of halogens is 1. The molecule has 2 aromatic rings. The van der Waals surface area contributed by atoms with Gasteiger partial charge in [0.05, 0.1) is 5.56 Å². The van der Waals surface area contributed by atoms with E-state index in [9.17, 15) is 10.1 Å². The first-order valence-corrected chi connectivity index (χ1v) is 8.79. The van der Waals surface area contributed by atoms with Crippen molar-refractivity contribution < 1.29 is 9.53 Å². The summed E-state index contributed by atoms with van der Waals surface area (Å²) >= 11 is 7.40. The van der Waals surface area contributed by atoms with E-state index in [4.69, 9.17) is 16.3 Å². The summed E-state index contributed by atoms with van der Waals surface area (Å²) < 4.78 is 5.65. The molecule has 0 fully saturated rings. The number of nitrogens with one attached hydrogen (secondary N) is 1. The molecule has 1 amide bonds. The second kappa shape index (κ2) is 7.14. The average Bonchev–Trinajstić information content (AvgIpc) is 2.85. The van der Waals surface area contributed by atoms with E-state index in [2.05, 4.69) is 11.4 Å². The molecule has 0 saturated heterocycles. The van der Waals surface area contributed by atoms with Gasteiger partial charge in [0, 0.05) is 21.5 Å². The van der Waals surface area contributed by atoms with Crippen LogP contribution in [0.2, 0.25) is 5.02 Å². The van der Waals surface area contributed by atoms with Crippen molar-refractivity contribution in [1.82, 2.24) is 0 Å². The van der Waals surface area contributed by atoms with Gasteiger partial charge in [0.15, 0.2) is 0 Å². The molecular weight excluding hydrogens is 356 g/mol. The van der Waals surface area contributed by atoms with Crippen LogP contribution in [0.5, 0.6) is 5.75 Å². The maximum Gasteiger partial charge on any atom is 0.249 e. The fourth-order valence-electron chi connectivity index (χ4n) is 2.45. The highest BCUT2D eigenvalue weighted by Gasteiger charge is 2.14. The first kappa shape index (κ1) is 17.3. The predicted octanol–water partition coefficient (Wildman–Crippen LogP) is 4.86. The molecule has 0 atom stereocenters. The minimum absolute atomic E-state index is 0.282. The van der Waals surface area contributed by atoms with Gasteiger partial charge in [-0.1, -0.05) is 17.7 Å². The number of benzene rings is 1. The van der Waals surface area contributed by atoms with E-state index >= 15 is 0 Å². The second-order valence-electron chi connectivity index (χ2n) is 5.61. The van der Waals surface area contributed by atoms with Crippen LogP contribution in [0.15, 0.2) is 35.9 Å². The number of nitriles is 1. The van der Waals surface area contributed by atoms with Crippen molar-refractivity contribution in [3.63, 3.8) is 0 Å². The summed E-state index contributed by atoms with van der Waals surface area (Å²) in [6.07, 6.45) is 5.09. The van der Waals surface area contributed by atoms with Crippen LogP contribution in [-0.2, 0) is 4.79 Å². The SMILES string of the molecule is Cc1sc(NC(=O)/C=C/C2=Cc3cc(Cl)ccc3OC2)c(C#N)c1C. The smallest absolute Gasteiger partial charge is 0.249 e. The maximum absolute atomic E-state index is 12.2. The van der Waals surface area contributed by atoms with Gasteiger partial charge in [-0.2, -0.15) is 5.26 Å². The number of aryl methyl sites for hydroxylation is 1. The van der Waals surface area contributed by atoms with Crippen molar-refractivity contribution in [3.8, 4) is 11.8 Å². The fourth-order valence-corrected chi connectivity index (χ4v) is 3.64. The number of thiophene rings is 1. The zero-order valence-corrected chi connectivity index (χ0v) is 15.3. The third-order valence-corrected chi connectivity index (χ3v) is 5.25. The third-order valence-electron chi connectivity index (χ3n) is 3.89. The lowest BCUT2D eigenvalue weighted by Crippen LogP contribution is -2.09. The Bertz CT molecular complexity index is 951. The quantitative estimate of drug-likeness (QED) is 0.784. The monoisotopic (exact) mass is 370 g/mol. The molecule has 2 heterocycles. The minimum Gasteiger partial charge on any atom is -0.488 e. The lowest BCUT2D eigenvalue weighted by molar-refractivity contribution is -0.111. The summed E-state index contributed by atoms with van der Waals surface area (Å²) in [6, 6.07) is 7.56. The van der Waals surface area contributed by atoms with Crippen molar-refractivity contribution >= 4 is 39.9 Å². The van der Waals surface area contributed by atoms with Crippen molar-refractivity contribution in [1.29, 1.82) is 5.26 Å². The van der Waals surface area contributed by atoms with Crippen molar-refractivity contribution in [2.24, 2.45) is 0 Å². The Morgan fingerprint density at radius 2 is 2.24 bits per heavy atom. The number of rotatable bonds is 3. The summed E-state index contributed by atoms with van der Waals surface area (Å²) in [7, 11) is 0. The van der Waals surface area contributed by atoms with E-state index in [0.29, 0.717) is 22.2 Å². The molecule has 0 radical (unpaired) electrons. The topological polar surface area (TPSA) is 62.1 Å². The highest BCUT2D eigenvalue weighted by atomic mass is 35.5. The molecule has 6 heteroatoms. The van der Waals surface area contributed by atoms with Crippen molar-refractivity contribution in [2.45, 2.75) is 13.8 Å². The Morgan fingerprint density at radius 3 is 3.00 bits per heavy atom. The summed E-state index contributed by atoms with van der Waals surface area (Å²) in [5, 5.41) is 13.2. The standard InChI is InChI=1S/C19H15ClN2O2S/c1-11-12(2)25-19(16(11)9-21)22-18(23)6-3-13-7-14-8-15(20)4-5-17(14)24-10-13/h3-8H,10H2,1-2H3,(H,22,23)/b6-3+. The maximum atomic E-state index is 12.2. The molecule has 0 aliphatic carbocycles. The summed E-state index contributed by atoms with van der Waals surface area (Å²) in [5.41, 5.74) is 3.18. The van der Waals surface area contributed by atoms with E-state index < -0.39 is 0 Å². The predicted molar refractivity (Wildman–Crippen MR) is 101 cm³/mol. The van der Waals surface area contributed by atoms with Gasteiger partial charge in [-0.3, -0.25) is 4.79 Å². The highest BCUT2D eigenvalue weighted by Crippen LogP contribution is 2.32. The van der Waals surface area contributed by atoms with Crippen molar-refractivity contribution in [2.75, 3.05) is 11.9 Å². The molecule has 3 rings (SSSR count). The van der Waals surface area contributed by atoms with Gasteiger partial charge >= 0.3 is 0 Å². The Hall–Kier alpha value is -2.55. The van der Waals surface area contributed by atoms with Crippen molar-refractivity contribution in [3.05, 3.63) is 62.5 Å². The Balaban J connectivity index is 1.74. The molecule has 0 bridgehead atoms. The van der Waals surface area contributed by atoms with Crippen LogP contribution in [0.4, 0.5) is 5.00 Å².